The molecule has 1 saturated heterocycles. The number of thiol groups is 1. The molecule has 4 amide bonds. The van der Waals surface area contributed by atoms with Crippen LogP contribution in [-0.2, 0) is 14.4 Å². The van der Waals surface area contributed by atoms with Crippen molar-refractivity contribution in [2.45, 2.75) is 37.6 Å². The summed E-state index contributed by atoms with van der Waals surface area (Å²) < 4.78 is 4.37. The van der Waals surface area contributed by atoms with Gasteiger partial charge >= 0.3 is 29.8 Å². The van der Waals surface area contributed by atoms with Crippen LogP contribution in [0.15, 0.2) is 39.7 Å². The summed E-state index contributed by atoms with van der Waals surface area (Å²) in [5.74, 6) is -3.73. The number of carbonyl (C=O) groups is 4. The van der Waals surface area contributed by atoms with Crippen LogP contribution in [0.25, 0.3) is 0 Å². The first-order valence-corrected chi connectivity index (χ1v) is 11.5. The molecule has 1 aliphatic heterocycles. The number of imide groups is 1. The zero-order valence-corrected chi connectivity index (χ0v) is 20.8. The number of benzene rings is 1. The Morgan fingerprint density at radius 1 is 1.25 bits per heavy atom. The Kier molecular flexibility index (Phi) is 8.03. The minimum atomic E-state index is -1.24. The molecule has 2 heterocycles. The third-order valence-corrected chi connectivity index (χ3v) is 5.73. The maximum absolute atomic E-state index is 13.0. The molecule has 13 heteroatoms. The predicted molar refractivity (Wildman–Crippen MR) is 131 cm³/mol. The Balaban J connectivity index is 1.90. The summed E-state index contributed by atoms with van der Waals surface area (Å²) >= 11 is 4.25. The molecule has 0 spiro atoms. The molecule has 0 unspecified atom stereocenters. The highest BCUT2D eigenvalue weighted by Gasteiger charge is 2.37. The molecule has 0 radical (unpaired) electrons. The number of likely N-dealkylation sites (N-methyl/N-ethyl adjacent to an activating group) is 1. The van der Waals surface area contributed by atoms with E-state index in [0.717, 1.165) is 11.1 Å². The molecule has 2 atom stereocenters. The van der Waals surface area contributed by atoms with E-state index in [-0.39, 0.29) is 24.7 Å². The number of aliphatic imine (C=N–C) groups is 1. The van der Waals surface area contributed by atoms with Crippen LogP contribution in [0.2, 0.25) is 0 Å². The van der Waals surface area contributed by atoms with Gasteiger partial charge in [-0.3, -0.25) is 19.5 Å². The Labute approximate surface area is 212 Å². The highest BCUT2D eigenvalue weighted by molar-refractivity contribution is 7.81. The van der Waals surface area contributed by atoms with Gasteiger partial charge < -0.3 is 24.8 Å². The molecule has 0 saturated carbocycles. The van der Waals surface area contributed by atoms with E-state index >= 15 is 0 Å². The standard InChI is InChI=1S/C23H27N5O7S/c1-4-27-10-11-28(19(30)18(27)29)22(34)26-15(13-8-6-5-7-9-13)17-25-14(21(33)35-17)12-24-16(20(31)32)23(2,3)36/h5-9,12,15-16,33,36H,4,10-11H2,1-3H3,(H,26,34)(H,31,32)/t15-,16+/m1/s1. The van der Waals surface area contributed by atoms with E-state index in [1.165, 1.54) is 4.90 Å². The minimum Gasteiger partial charge on any atom is -0.480 e. The molecule has 1 aromatic carbocycles. The number of carboxylic acid groups (broad SMARTS) is 1. The lowest BCUT2D eigenvalue weighted by atomic mass is 10.0. The second-order valence-corrected chi connectivity index (χ2v) is 9.70. The number of amides is 4. The summed E-state index contributed by atoms with van der Waals surface area (Å²) in [6, 6.07) is 5.39. The Hall–Kier alpha value is -3.87. The van der Waals surface area contributed by atoms with Gasteiger partial charge in [0.1, 0.15) is 6.04 Å². The van der Waals surface area contributed by atoms with Crippen LogP contribution >= 0.6 is 12.6 Å². The third kappa shape index (κ3) is 5.85. The number of nitrogens with one attached hydrogen (secondary N) is 1. The molecule has 3 N–H and O–H groups in total. The number of carboxylic acids is 1. The molecule has 0 bridgehead atoms. The Bertz CT molecular complexity index is 1180. The largest absolute Gasteiger partial charge is 0.480 e. The van der Waals surface area contributed by atoms with E-state index in [4.69, 9.17) is 4.42 Å². The molecule has 1 aromatic heterocycles. The summed E-state index contributed by atoms with van der Waals surface area (Å²) in [6.45, 7) is 5.45. The molecule has 36 heavy (non-hydrogen) atoms. The van der Waals surface area contributed by atoms with Crippen LogP contribution in [0.4, 0.5) is 4.79 Å². The topological polar surface area (TPSA) is 166 Å². The van der Waals surface area contributed by atoms with Gasteiger partial charge in [0.15, 0.2) is 11.7 Å². The lowest BCUT2D eigenvalue weighted by Gasteiger charge is -2.32. The van der Waals surface area contributed by atoms with Gasteiger partial charge in [0, 0.05) is 24.4 Å². The van der Waals surface area contributed by atoms with Gasteiger partial charge in [-0.25, -0.2) is 14.6 Å². The fraction of sp³-hybridized carbons (Fsp3) is 0.391. The van der Waals surface area contributed by atoms with Gasteiger partial charge in [-0.2, -0.15) is 12.6 Å². The van der Waals surface area contributed by atoms with Gasteiger partial charge in [0.25, 0.3) is 0 Å². The Morgan fingerprint density at radius 2 is 1.92 bits per heavy atom. The number of oxazole rings is 1. The number of aliphatic carboxylic acids is 1. The summed E-state index contributed by atoms with van der Waals surface area (Å²) in [6.07, 6.45) is 1.05. The summed E-state index contributed by atoms with van der Waals surface area (Å²) in [5, 5.41) is 22.3. The summed E-state index contributed by atoms with van der Waals surface area (Å²) in [7, 11) is 0. The van der Waals surface area contributed by atoms with E-state index in [2.05, 4.69) is 27.9 Å². The number of aromatic hydroxyl groups is 1. The van der Waals surface area contributed by atoms with Crippen molar-refractivity contribution < 1.29 is 33.8 Å². The van der Waals surface area contributed by atoms with E-state index in [9.17, 15) is 29.4 Å². The van der Waals surface area contributed by atoms with Crippen LogP contribution in [0.3, 0.4) is 0 Å². The minimum absolute atomic E-state index is 0.0105. The van der Waals surface area contributed by atoms with E-state index < -0.39 is 46.6 Å². The van der Waals surface area contributed by atoms with Gasteiger partial charge in [0.2, 0.25) is 5.89 Å². The lowest BCUT2D eigenvalue weighted by Crippen LogP contribution is -2.58. The number of hydrogen-bond acceptors (Lipinski definition) is 9. The van der Waals surface area contributed by atoms with Crippen LogP contribution in [0, 0.1) is 0 Å². The second-order valence-electron chi connectivity index (χ2n) is 8.55. The number of hydrogen-bond donors (Lipinski definition) is 4. The summed E-state index contributed by atoms with van der Waals surface area (Å²) in [5.41, 5.74) is 0.355. The SMILES string of the molecule is CCN1CCN(C(=O)N[C@H](c2ccccc2)c2nc(C=N[C@@H](C(=O)O)C(C)(C)S)c(O)o2)C(=O)C1=O. The van der Waals surface area contributed by atoms with Crippen LogP contribution in [0.1, 0.15) is 44.0 Å². The molecular weight excluding hydrogens is 490 g/mol. The number of piperazine rings is 1. The van der Waals surface area contributed by atoms with Crippen molar-refractivity contribution in [2.24, 2.45) is 4.99 Å². The maximum Gasteiger partial charge on any atom is 0.329 e. The number of nitrogens with zero attached hydrogens (tertiary/aromatic N) is 4. The van der Waals surface area contributed by atoms with Crippen molar-refractivity contribution in [3.8, 4) is 5.95 Å². The third-order valence-electron chi connectivity index (χ3n) is 5.48. The average molecular weight is 518 g/mol. The van der Waals surface area contributed by atoms with Crippen molar-refractivity contribution in [1.82, 2.24) is 20.1 Å². The first-order valence-electron chi connectivity index (χ1n) is 11.1. The first-order chi connectivity index (χ1) is 16.9. The predicted octanol–water partition coefficient (Wildman–Crippen LogP) is 1.45. The van der Waals surface area contributed by atoms with Crippen molar-refractivity contribution in [3.63, 3.8) is 0 Å². The van der Waals surface area contributed by atoms with Gasteiger partial charge in [-0.05, 0) is 26.3 Å². The zero-order chi connectivity index (χ0) is 26.6. The molecule has 2 aromatic rings. The van der Waals surface area contributed by atoms with E-state index in [0.29, 0.717) is 12.1 Å². The smallest absolute Gasteiger partial charge is 0.329 e. The molecule has 3 rings (SSSR count). The van der Waals surface area contributed by atoms with Crippen molar-refractivity contribution in [3.05, 3.63) is 47.5 Å². The fourth-order valence-corrected chi connectivity index (χ4v) is 3.72. The second kappa shape index (κ2) is 10.8. The molecule has 1 fully saturated rings. The van der Waals surface area contributed by atoms with Crippen LogP contribution in [0.5, 0.6) is 5.95 Å². The molecule has 192 valence electrons. The van der Waals surface area contributed by atoms with Crippen molar-refractivity contribution in [1.29, 1.82) is 0 Å². The fourth-order valence-electron chi connectivity index (χ4n) is 3.55. The molecule has 0 aliphatic carbocycles. The maximum atomic E-state index is 13.0. The Morgan fingerprint density at radius 3 is 2.50 bits per heavy atom. The van der Waals surface area contributed by atoms with E-state index in [1.54, 1.807) is 51.1 Å². The van der Waals surface area contributed by atoms with Gasteiger partial charge in [-0.1, -0.05) is 30.3 Å². The van der Waals surface area contributed by atoms with Gasteiger partial charge in [0.05, 0.1) is 6.21 Å². The summed E-state index contributed by atoms with van der Waals surface area (Å²) in [4.78, 5) is 59.5. The highest BCUT2D eigenvalue weighted by Crippen LogP contribution is 2.28. The lowest BCUT2D eigenvalue weighted by molar-refractivity contribution is -0.153. The average Bonchev–Trinajstić information content (AvgIpc) is 3.18. The first kappa shape index (κ1) is 26.7. The van der Waals surface area contributed by atoms with E-state index in [1.807, 2.05) is 0 Å². The number of aromatic nitrogens is 1. The quantitative estimate of drug-likeness (QED) is 0.232. The normalized spacial score (nSPS) is 16.3. The van der Waals surface area contributed by atoms with Crippen LogP contribution in [-0.4, -0.2) is 85.4 Å². The monoisotopic (exact) mass is 517 g/mol. The molecule has 12 nitrogen and oxygen atoms in total. The van der Waals surface area contributed by atoms with Crippen molar-refractivity contribution in [2.75, 3.05) is 19.6 Å². The molecule has 1 aliphatic rings. The zero-order valence-electron chi connectivity index (χ0n) is 19.9. The van der Waals surface area contributed by atoms with Crippen molar-refractivity contribution >= 4 is 42.7 Å². The number of rotatable bonds is 8. The highest BCUT2D eigenvalue weighted by atomic mass is 32.1. The van der Waals surface area contributed by atoms with Gasteiger partial charge in [-0.15, -0.1) is 0 Å². The number of urea groups is 1. The van der Waals surface area contributed by atoms with Crippen LogP contribution < -0.4 is 5.32 Å². The number of carbonyl (C=O) groups excluding carboxylic acids is 3. The molecular formula is C23H27N5O7S.